The number of rotatable bonds is 12. The number of hydrogen-bond acceptors (Lipinski definition) is 3. The fourth-order valence-corrected chi connectivity index (χ4v) is 3.33. The summed E-state index contributed by atoms with van der Waals surface area (Å²) >= 11 is 0. The average Bonchev–Trinajstić information content (AvgIpc) is 2.74. The Morgan fingerprint density at radius 1 is 1.03 bits per heavy atom. The summed E-state index contributed by atoms with van der Waals surface area (Å²) in [5, 5.41) is 5.12. The molecule has 0 aliphatic carbocycles. The molecule has 0 spiro atoms. The minimum absolute atomic E-state index is 0.0807. The Labute approximate surface area is 176 Å². The van der Waals surface area contributed by atoms with E-state index in [-0.39, 0.29) is 12.0 Å². The summed E-state index contributed by atoms with van der Waals surface area (Å²) in [6.07, 6.45) is 5.89. The van der Waals surface area contributed by atoms with E-state index in [0.717, 1.165) is 60.7 Å². The van der Waals surface area contributed by atoms with E-state index in [2.05, 4.69) is 33.0 Å². The first-order valence-electron chi connectivity index (χ1n) is 11.1. The van der Waals surface area contributed by atoms with Gasteiger partial charge in [0.1, 0.15) is 11.4 Å². The van der Waals surface area contributed by atoms with E-state index >= 15 is 0 Å². The van der Waals surface area contributed by atoms with Crippen LogP contribution in [0.3, 0.4) is 0 Å². The van der Waals surface area contributed by atoms with Gasteiger partial charge in [0.15, 0.2) is 0 Å². The van der Waals surface area contributed by atoms with Gasteiger partial charge in [-0.05, 0) is 45.2 Å². The van der Waals surface area contributed by atoms with Crippen molar-refractivity contribution in [1.82, 2.24) is 0 Å². The summed E-state index contributed by atoms with van der Waals surface area (Å²) in [5.74, 6) is 0.767. The minimum atomic E-state index is -0.821. The van der Waals surface area contributed by atoms with E-state index < -0.39 is 5.60 Å². The van der Waals surface area contributed by atoms with Crippen LogP contribution in [0.5, 0.6) is 5.75 Å². The van der Waals surface area contributed by atoms with Crippen molar-refractivity contribution in [2.24, 2.45) is 0 Å². The molecule has 0 unspecified atom stereocenters. The van der Waals surface area contributed by atoms with E-state index in [1.165, 1.54) is 0 Å². The highest BCUT2D eigenvalue weighted by molar-refractivity contribution is 6.06. The smallest absolute Gasteiger partial charge is 0.256 e. The lowest BCUT2D eigenvalue weighted by molar-refractivity contribution is -0.140. The molecule has 2 rings (SSSR count). The van der Waals surface area contributed by atoms with Gasteiger partial charge in [0.05, 0.1) is 6.10 Å². The number of unbranched alkanes of at least 4 members (excludes halogenated alkanes) is 2. The van der Waals surface area contributed by atoms with Crippen molar-refractivity contribution in [3.05, 3.63) is 36.4 Å². The molecule has 0 saturated carbocycles. The third-order valence-corrected chi connectivity index (χ3v) is 5.40. The summed E-state index contributed by atoms with van der Waals surface area (Å²) in [6, 6.07) is 11.9. The van der Waals surface area contributed by atoms with Gasteiger partial charge in [0, 0.05) is 23.1 Å². The zero-order valence-electron chi connectivity index (χ0n) is 18.7. The monoisotopic (exact) mass is 399 g/mol. The van der Waals surface area contributed by atoms with Gasteiger partial charge in [-0.15, -0.1) is 0 Å². The third kappa shape index (κ3) is 6.20. The molecule has 0 fully saturated rings. The molecule has 2 aromatic rings. The van der Waals surface area contributed by atoms with Gasteiger partial charge in [0.25, 0.3) is 5.91 Å². The number of fused-ring (bicyclic) bond motifs is 1. The van der Waals surface area contributed by atoms with Crippen LogP contribution >= 0.6 is 0 Å². The highest BCUT2D eigenvalue weighted by Crippen LogP contribution is 2.33. The number of anilines is 1. The Bertz CT molecular complexity index is 789. The number of carbonyl (C=O) groups is 1. The maximum atomic E-state index is 13.2. The largest absolute Gasteiger partial charge is 0.490 e. The van der Waals surface area contributed by atoms with Crippen LogP contribution in [0.4, 0.5) is 5.69 Å². The Balaban J connectivity index is 2.29. The van der Waals surface area contributed by atoms with Gasteiger partial charge in [-0.25, -0.2) is 0 Å². The molecule has 2 atom stereocenters. The van der Waals surface area contributed by atoms with Crippen LogP contribution in [0, 0.1) is 0 Å². The number of amides is 1. The minimum Gasteiger partial charge on any atom is -0.490 e. The van der Waals surface area contributed by atoms with Gasteiger partial charge < -0.3 is 14.8 Å². The van der Waals surface area contributed by atoms with Gasteiger partial charge in [0.2, 0.25) is 0 Å². The highest BCUT2D eigenvalue weighted by Gasteiger charge is 2.34. The normalized spacial score (nSPS) is 14.4. The highest BCUT2D eigenvalue weighted by atomic mass is 16.5. The fraction of sp³-hybridized carbons (Fsp3) is 0.560. The first-order chi connectivity index (χ1) is 13.9. The first-order valence-corrected chi connectivity index (χ1v) is 11.1. The van der Waals surface area contributed by atoms with E-state index in [0.29, 0.717) is 6.61 Å². The summed E-state index contributed by atoms with van der Waals surface area (Å²) in [7, 11) is 0. The summed E-state index contributed by atoms with van der Waals surface area (Å²) < 4.78 is 12.1. The third-order valence-electron chi connectivity index (χ3n) is 5.40. The number of ether oxygens (including phenoxy) is 2. The molecule has 1 amide bonds. The fourth-order valence-electron chi connectivity index (χ4n) is 3.33. The van der Waals surface area contributed by atoms with Crippen LogP contribution in [-0.4, -0.2) is 24.2 Å². The summed E-state index contributed by atoms with van der Waals surface area (Å²) in [4.78, 5) is 13.2. The van der Waals surface area contributed by atoms with Crippen molar-refractivity contribution in [2.45, 2.75) is 84.8 Å². The van der Waals surface area contributed by atoms with Crippen LogP contribution in [0.1, 0.15) is 73.1 Å². The lowest BCUT2D eigenvalue weighted by Gasteiger charge is -2.29. The molecule has 29 heavy (non-hydrogen) atoms. The number of carbonyl (C=O) groups excluding carboxylic acids is 1. The SMILES string of the molecule is CCCCC[C@@](C)(OCCC)C(=O)Nc1ccc(O[C@@H](C)CC)c2ccccc12. The van der Waals surface area contributed by atoms with Crippen molar-refractivity contribution in [3.63, 3.8) is 0 Å². The lowest BCUT2D eigenvalue weighted by Crippen LogP contribution is -2.43. The van der Waals surface area contributed by atoms with Crippen molar-refractivity contribution in [1.29, 1.82) is 0 Å². The van der Waals surface area contributed by atoms with Gasteiger partial charge >= 0.3 is 0 Å². The van der Waals surface area contributed by atoms with Crippen molar-refractivity contribution in [3.8, 4) is 5.75 Å². The number of hydrogen-bond donors (Lipinski definition) is 1. The Morgan fingerprint density at radius 2 is 1.76 bits per heavy atom. The van der Waals surface area contributed by atoms with E-state index in [1.54, 1.807) is 0 Å². The molecule has 160 valence electrons. The molecule has 4 heteroatoms. The Morgan fingerprint density at radius 3 is 2.41 bits per heavy atom. The van der Waals surface area contributed by atoms with Crippen LogP contribution < -0.4 is 10.1 Å². The van der Waals surface area contributed by atoms with Crippen LogP contribution in [0.15, 0.2) is 36.4 Å². The molecule has 0 bridgehead atoms. The predicted octanol–water partition coefficient (Wildman–Crippen LogP) is 6.72. The van der Waals surface area contributed by atoms with Gasteiger partial charge in [-0.2, -0.15) is 0 Å². The molecule has 0 aliphatic heterocycles. The molecule has 0 aromatic heterocycles. The lowest BCUT2D eigenvalue weighted by atomic mass is 9.96. The molecular formula is C25H37NO3. The predicted molar refractivity (Wildman–Crippen MR) is 122 cm³/mol. The van der Waals surface area contributed by atoms with Gasteiger partial charge in [-0.1, -0.05) is 64.3 Å². The molecule has 4 nitrogen and oxygen atoms in total. The standard InChI is InChI=1S/C25H37NO3/c1-6-9-12-17-25(5,28-18-7-2)24(27)26-22-15-16-23(29-19(4)8-3)21-14-11-10-13-20(21)22/h10-11,13-16,19H,6-9,12,17-18H2,1-5H3,(H,26,27)/t19-,25+/m0/s1. The molecule has 0 heterocycles. The molecular weight excluding hydrogens is 362 g/mol. The Kier molecular flexibility index (Phi) is 8.97. The molecule has 0 radical (unpaired) electrons. The second-order valence-electron chi connectivity index (χ2n) is 7.98. The number of benzene rings is 2. The van der Waals surface area contributed by atoms with Crippen molar-refractivity contribution >= 4 is 22.4 Å². The molecule has 0 saturated heterocycles. The molecule has 1 N–H and O–H groups in total. The van der Waals surface area contributed by atoms with E-state index in [1.807, 2.05) is 43.3 Å². The molecule has 0 aliphatic rings. The summed E-state index contributed by atoms with van der Waals surface area (Å²) in [5.41, 5.74) is -0.0260. The molecule has 2 aromatic carbocycles. The maximum absolute atomic E-state index is 13.2. The summed E-state index contributed by atoms with van der Waals surface area (Å²) in [6.45, 7) is 10.9. The zero-order valence-corrected chi connectivity index (χ0v) is 18.7. The quantitative estimate of drug-likeness (QED) is 0.403. The van der Waals surface area contributed by atoms with Crippen LogP contribution in [0.25, 0.3) is 10.8 Å². The average molecular weight is 400 g/mol. The van der Waals surface area contributed by atoms with Crippen molar-refractivity contribution < 1.29 is 14.3 Å². The second kappa shape index (κ2) is 11.2. The van der Waals surface area contributed by atoms with Gasteiger partial charge in [-0.3, -0.25) is 4.79 Å². The maximum Gasteiger partial charge on any atom is 0.256 e. The van der Waals surface area contributed by atoms with Crippen molar-refractivity contribution in [2.75, 3.05) is 11.9 Å². The van der Waals surface area contributed by atoms with E-state index in [4.69, 9.17) is 9.47 Å². The number of nitrogens with one attached hydrogen (secondary N) is 1. The Hall–Kier alpha value is -2.07. The first kappa shape index (κ1) is 23.2. The topological polar surface area (TPSA) is 47.6 Å². The second-order valence-corrected chi connectivity index (χ2v) is 7.98. The van der Waals surface area contributed by atoms with Crippen LogP contribution in [-0.2, 0) is 9.53 Å². The van der Waals surface area contributed by atoms with Crippen LogP contribution in [0.2, 0.25) is 0 Å². The van der Waals surface area contributed by atoms with E-state index in [9.17, 15) is 4.79 Å². The zero-order chi connectivity index (χ0) is 21.3.